The van der Waals surface area contributed by atoms with E-state index in [1.165, 1.54) is 0 Å². The Morgan fingerprint density at radius 1 is 1.56 bits per heavy atom. The van der Waals surface area contributed by atoms with Gasteiger partial charge in [-0.05, 0) is 19.9 Å². The number of nitrogens with two attached hydrogens (primary N) is 1. The molecule has 16 heavy (non-hydrogen) atoms. The SMILES string of the molecule is COCC(C)Oc1cc(C(N)=S)cc(C)n1. The Bertz CT molecular complexity index is 382. The highest BCUT2D eigenvalue weighted by molar-refractivity contribution is 7.80. The second-order valence-corrected chi connectivity index (χ2v) is 4.02. The summed E-state index contributed by atoms with van der Waals surface area (Å²) >= 11 is 4.92. The van der Waals surface area contributed by atoms with Crippen LogP contribution in [0.15, 0.2) is 12.1 Å². The summed E-state index contributed by atoms with van der Waals surface area (Å²) < 4.78 is 10.6. The van der Waals surface area contributed by atoms with Gasteiger partial charge in [0.2, 0.25) is 5.88 Å². The van der Waals surface area contributed by atoms with Crippen LogP contribution < -0.4 is 10.5 Å². The average molecular weight is 240 g/mol. The molecule has 1 rings (SSSR count). The second kappa shape index (κ2) is 5.77. The molecule has 1 unspecified atom stereocenters. The van der Waals surface area contributed by atoms with E-state index < -0.39 is 0 Å². The zero-order valence-corrected chi connectivity index (χ0v) is 10.5. The molecule has 0 aromatic carbocycles. The van der Waals surface area contributed by atoms with Gasteiger partial charge in [0.1, 0.15) is 11.1 Å². The molecule has 1 atom stereocenters. The molecule has 88 valence electrons. The standard InChI is InChI=1S/C11H16N2O2S/c1-7-4-9(11(12)16)5-10(13-7)15-8(2)6-14-3/h4-5,8H,6H2,1-3H3,(H2,12,16). The van der Waals surface area contributed by atoms with E-state index in [2.05, 4.69) is 4.98 Å². The molecular formula is C11H16N2O2S. The van der Waals surface area contributed by atoms with E-state index in [0.717, 1.165) is 11.3 Å². The van der Waals surface area contributed by atoms with E-state index in [4.69, 9.17) is 27.4 Å². The summed E-state index contributed by atoms with van der Waals surface area (Å²) in [6.45, 7) is 4.29. The summed E-state index contributed by atoms with van der Waals surface area (Å²) in [6, 6.07) is 3.57. The lowest BCUT2D eigenvalue weighted by molar-refractivity contribution is 0.0889. The molecule has 0 saturated heterocycles. The van der Waals surface area contributed by atoms with Crippen molar-refractivity contribution in [2.75, 3.05) is 13.7 Å². The molecule has 0 aliphatic heterocycles. The van der Waals surface area contributed by atoms with Gasteiger partial charge in [0.15, 0.2) is 0 Å². The molecule has 0 aliphatic rings. The summed E-state index contributed by atoms with van der Waals surface area (Å²) in [5.41, 5.74) is 7.15. The van der Waals surface area contributed by atoms with E-state index in [9.17, 15) is 0 Å². The predicted molar refractivity (Wildman–Crippen MR) is 66.8 cm³/mol. The zero-order valence-electron chi connectivity index (χ0n) is 9.69. The summed E-state index contributed by atoms with van der Waals surface area (Å²) in [5.74, 6) is 0.521. The molecule has 0 bridgehead atoms. The van der Waals surface area contributed by atoms with E-state index in [-0.39, 0.29) is 6.10 Å². The van der Waals surface area contributed by atoms with Crippen LogP contribution >= 0.6 is 12.2 Å². The van der Waals surface area contributed by atoms with Crippen LogP contribution in [0.25, 0.3) is 0 Å². The lowest BCUT2D eigenvalue weighted by Gasteiger charge is -2.13. The molecular weight excluding hydrogens is 224 g/mol. The summed E-state index contributed by atoms with van der Waals surface area (Å²) in [6.07, 6.45) is -0.0569. The van der Waals surface area contributed by atoms with Crippen LogP contribution in [0.1, 0.15) is 18.2 Å². The Balaban J connectivity index is 2.84. The minimum atomic E-state index is -0.0569. The molecule has 2 N–H and O–H groups in total. The van der Waals surface area contributed by atoms with Crippen molar-refractivity contribution in [2.45, 2.75) is 20.0 Å². The number of hydrogen-bond acceptors (Lipinski definition) is 4. The van der Waals surface area contributed by atoms with Crippen LogP contribution in [0.3, 0.4) is 0 Å². The van der Waals surface area contributed by atoms with E-state index in [1.807, 2.05) is 19.9 Å². The fourth-order valence-electron chi connectivity index (χ4n) is 1.32. The Kier molecular flexibility index (Phi) is 4.64. The molecule has 5 heteroatoms. The lowest BCUT2D eigenvalue weighted by atomic mass is 10.2. The average Bonchev–Trinajstić information content (AvgIpc) is 2.16. The monoisotopic (exact) mass is 240 g/mol. The highest BCUT2D eigenvalue weighted by Crippen LogP contribution is 2.14. The van der Waals surface area contributed by atoms with Crippen LogP contribution in [0.4, 0.5) is 0 Å². The highest BCUT2D eigenvalue weighted by Gasteiger charge is 2.07. The summed E-state index contributed by atoms with van der Waals surface area (Å²) in [5, 5.41) is 0. The maximum Gasteiger partial charge on any atom is 0.214 e. The van der Waals surface area contributed by atoms with Gasteiger partial charge >= 0.3 is 0 Å². The topological polar surface area (TPSA) is 57.4 Å². The molecule has 1 aromatic rings. The van der Waals surface area contributed by atoms with E-state index >= 15 is 0 Å². The fraction of sp³-hybridized carbons (Fsp3) is 0.455. The van der Waals surface area contributed by atoms with Crippen molar-refractivity contribution >= 4 is 17.2 Å². The molecule has 0 saturated carbocycles. The Hall–Kier alpha value is -1.20. The van der Waals surface area contributed by atoms with Crippen LogP contribution in [0, 0.1) is 6.92 Å². The third-order valence-corrected chi connectivity index (χ3v) is 2.17. The van der Waals surface area contributed by atoms with Gasteiger partial charge in [-0.3, -0.25) is 0 Å². The van der Waals surface area contributed by atoms with E-state index in [1.54, 1.807) is 13.2 Å². The Morgan fingerprint density at radius 2 is 2.25 bits per heavy atom. The zero-order chi connectivity index (χ0) is 12.1. The van der Waals surface area contributed by atoms with Gasteiger partial charge in [-0.2, -0.15) is 0 Å². The maximum atomic E-state index is 5.58. The van der Waals surface area contributed by atoms with Crippen LogP contribution in [-0.4, -0.2) is 29.8 Å². The van der Waals surface area contributed by atoms with Crippen molar-refractivity contribution in [3.05, 3.63) is 23.4 Å². The first-order valence-corrected chi connectivity index (χ1v) is 5.38. The second-order valence-electron chi connectivity index (χ2n) is 3.58. The number of hydrogen-bond donors (Lipinski definition) is 1. The number of nitrogens with zero attached hydrogens (tertiary/aromatic N) is 1. The molecule has 4 nitrogen and oxygen atoms in total. The van der Waals surface area contributed by atoms with E-state index in [0.29, 0.717) is 17.5 Å². The summed E-state index contributed by atoms with van der Waals surface area (Å²) in [4.78, 5) is 4.59. The van der Waals surface area contributed by atoms with Crippen LogP contribution in [0.5, 0.6) is 5.88 Å². The van der Waals surface area contributed by atoms with Crippen molar-refractivity contribution in [2.24, 2.45) is 5.73 Å². The molecule has 0 spiro atoms. The minimum absolute atomic E-state index is 0.0569. The fourth-order valence-corrected chi connectivity index (χ4v) is 1.43. The molecule has 1 heterocycles. The van der Waals surface area contributed by atoms with Gasteiger partial charge in [-0.25, -0.2) is 4.98 Å². The minimum Gasteiger partial charge on any atom is -0.472 e. The third kappa shape index (κ3) is 3.75. The number of rotatable bonds is 5. The maximum absolute atomic E-state index is 5.58. The smallest absolute Gasteiger partial charge is 0.214 e. The molecule has 0 amide bonds. The van der Waals surface area contributed by atoms with Crippen molar-refractivity contribution in [3.8, 4) is 5.88 Å². The highest BCUT2D eigenvalue weighted by atomic mass is 32.1. The van der Waals surface area contributed by atoms with Gasteiger partial charge in [0.25, 0.3) is 0 Å². The third-order valence-electron chi connectivity index (χ3n) is 1.94. The van der Waals surface area contributed by atoms with Gasteiger partial charge < -0.3 is 15.2 Å². The van der Waals surface area contributed by atoms with Gasteiger partial charge in [-0.15, -0.1) is 0 Å². The Labute approximate surface area is 101 Å². The largest absolute Gasteiger partial charge is 0.472 e. The molecule has 0 aliphatic carbocycles. The number of aromatic nitrogens is 1. The van der Waals surface area contributed by atoms with Gasteiger partial charge in [-0.1, -0.05) is 12.2 Å². The Morgan fingerprint density at radius 3 is 2.81 bits per heavy atom. The van der Waals surface area contributed by atoms with Crippen molar-refractivity contribution in [1.82, 2.24) is 4.98 Å². The molecule has 0 radical (unpaired) electrons. The molecule has 1 aromatic heterocycles. The number of ether oxygens (including phenoxy) is 2. The quantitative estimate of drug-likeness (QED) is 0.789. The first-order chi connectivity index (χ1) is 7.52. The first-order valence-electron chi connectivity index (χ1n) is 4.97. The van der Waals surface area contributed by atoms with Gasteiger partial charge in [0.05, 0.1) is 6.61 Å². The van der Waals surface area contributed by atoms with Crippen molar-refractivity contribution < 1.29 is 9.47 Å². The first kappa shape index (κ1) is 12.9. The van der Waals surface area contributed by atoms with Crippen molar-refractivity contribution in [3.63, 3.8) is 0 Å². The van der Waals surface area contributed by atoms with Gasteiger partial charge in [0, 0.05) is 24.4 Å². The number of thiocarbonyl (C=S) groups is 1. The van der Waals surface area contributed by atoms with Crippen molar-refractivity contribution in [1.29, 1.82) is 0 Å². The predicted octanol–water partition coefficient (Wildman–Crippen LogP) is 1.44. The number of aryl methyl sites for hydroxylation is 1. The normalized spacial score (nSPS) is 12.2. The molecule has 0 fully saturated rings. The number of pyridine rings is 1. The van der Waals surface area contributed by atoms with Crippen LogP contribution in [-0.2, 0) is 4.74 Å². The lowest BCUT2D eigenvalue weighted by Crippen LogP contribution is -2.19. The number of methoxy groups -OCH3 is 1. The van der Waals surface area contributed by atoms with Crippen LogP contribution in [0.2, 0.25) is 0 Å². The summed E-state index contributed by atoms with van der Waals surface area (Å²) in [7, 11) is 1.63.